The fourth-order valence-corrected chi connectivity index (χ4v) is 1.74. The van der Waals surface area contributed by atoms with Crippen LogP contribution in [0.4, 0.5) is 0 Å². The molecule has 0 saturated heterocycles. The summed E-state index contributed by atoms with van der Waals surface area (Å²) in [4.78, 5) is 4.27. The van der Waals surface area contributed by atoms with Crippen LogP contribution in [0.25, 0.3) is 0 Å². The minimum absolute atomic E-state index is 0.142. The van der Waals surface area contributed by atoms with Crippen LogP contribution in [0.5, 0.6) is 5.75 Å². The fourth-order valence-electron chi connectivity index (χ4n) is 1.74. The zero-order chi connectivity index (χ0) is 12.1. The van der Waals surface area contributed by atoms with Crippen LogP contribution in [0.15, 0.2) is 41.1 Å². The van der Waals surface area contributed by atoms with E-state index in [0.717, 1.165) is 30.0 Å². The van der Waals surface area contributed by atoms with Crippen LogP contribution in [0.1, 0.15) is 23.9 Å². The minimum atomic E-state index is -0.142. The molecular formula is C13H16N2O2. The highest BCUT2D eigenvalue weighted by molar-refractivity contribution is 5.29. The quantitative estimate of drug-likeness (QED) is 0.859. The number of ether oxygens (including phenoxy) is 1. The highest BCUT2D eigenvalue weighted by Crippen LogP contribution is 2.23. The molecule has 2 N–H and O–H groups in total. The molecule has 2 rings (SSSR count). The Morgan fingerprint density at radius 1 is 1.41 bits per heavy atom. The van der Waals surface area contributed by atoms with Gasteiger partial charge in [-0.1, -0.05) is 0 Å². The van der Waals surface area contributed by atoms with Crippen molar-refractivity contribution in [2.45, 2.75) is 18.9 Å². The number of nitrogens with two attached hydrogens (primary N) is 1. The van der Waals surface area contributed by atoms with Crippen molar-refractivity contribution >= 4 is 0 Å². The van der Waals surface area contributed by atoms with Crippen LogP contribution >= 0.6 is 0 Å². The van der Waals surface area contributed by atoms with Gasteiger partial charge in [0.1, 0.15) is 11.5 Å². The van der Waals surface area contributed by atoms with Crippen LogP contribution in [-0.2, 0) is 6.42 Å². The van der Waals surface area contributed by atoms with Crippen molar-refractivity contribution in [1.29, 1.82) is 0 Å². The fraction of sp³-hybridized carbons (Fsp3) is 0.308. The van der Waals surface area contributed by atoms with E-state index in [-0.39, 0.29) is 6.04 Å². The van der Waals surface area contributed by atoms with Crippen LogP contribution in [0.3, 0.4) is 0 Å². The van der Waals surface area contributed by atoms with E-state index in [0.29, 0.717) is 0 Å². The van der Waals surface area contributed by atoms with Gasteiger partial charge in [0.25, 0.3) is 0 Å². The van der Waals surface area contributed by atoms with Crippen molar-refractivity contribution in [2.24, 2.45) is 5.73 Å². The van der Waals surface area contributed by atoms with E-state index in [1.807, 2.05) is 24.3 Å². The van der Waals surface area contributed by atoms with Crippen LogP contribution in [0, 0.1) is 0 Å². The van der Waals surface area contributed by atoms with Crippen molar-refractivity contribution in [3.63, 3.8) is 0 Å². The number of furan rings is 1. The third-order valence-electron chi connectivity index (χ3n) is 2.65. The number of hydrogen-bond donors (Lipinski definition) is 1. The summed E-state index contributed by atoms with van der Waals surface area (Å²) in [6.07, 6.45) is 4.97. The SMILES string of the molecule is COc1cccnc1C(N)CCc1ccco1. The molecule has 0 aliphatic heterocycles. The molecule has 1 atom stereocenters. The van der Waals surface area contributed by atoms with E-state index in [1.54, 1.807) is 19.6 Å². The second-order valence-electron chi connectivity index (χ2n) is 3.82. The van der Waals surface area contributed by atoms with Gasteiger partial charge in [0.2, 0.25) is 0 Å². The first-order chi connectivity index (χ1) is 8.31. The summed E-state index contributed by atoms with van der Waals surface area (Å²) in [5, 5.41) is 0. The number of rotatable bonds is 5. The molecular weight excluding hydrogens is 216 g/mol. The van der Waals surface area contributed by atoms with E-state index in [9.17, 15) is 0 Å². The van der Waals surface area contributed by atoms with Crippen molar-refractivity contribution in [3.8, 4) is 5.75 Å². The predicted octanol–water partition coefficient (Wildman–Crippen LogP) is 2.32. The molecule has 0 radical (unpaired) electrons. The van der Waals surface area contributed by atoms with Gasteiger partial charge in [-0.3, -0.25) is 4.98 Å². The highest BCUT2D eigenvalue weighted by atomic mass is 16.5. The molecule has 0 aliphatic carbocycles. The third-order valence-corrected chi connectivity index (χ3v) is 2.65. The van der Waals surface area contributed by atoms with E-state index in [1.165, 1.54) is 0 Å². The lowest BCUT2D eigenvalue weighted by Gasteiger charge is -2.13. The largest absolute Gasteiger partial charge is 0.495 e. The second kappa shape index (κ2) is 5.50. The first-order valence-electron chi connectivity index (χ1n) is 5.58. The molecule has 0 fully saturated rings. The summed E-state index contributed by atoms with van der Waals surface area (Å²) in [5.74, 6) is 1.68. The normalized spacial score (nSPS) is 12.4. The van der Waals surface area contributed by atoms with Gasteiger partial charge < -0.3 is 14.9 Å². The van der Waals surface area contributed by atoms with Crippen LogP contribution < -0.4 is 10.5 Å². The number of pyridine rings is 1. The smallest absolute Gasteiger partial charge is 0.141 e. The average molecular weight is 232 g/mol. The molecule has 1 unspecified atom stereocenters. The van der Waals surface area contributed by atoms with Gasteiger partial charge in [-0.25, -0.2) is 0 Å². The lowest BCUT2D eigenvalue weighted by atomic mass is 10.1. The van der Waals surface area contributed by atoms with E-state index in [2.05, 4.69) is 4.98 Å². The molecule has 4 nitrogen and oxygen atoms in total. The molecule has 2 aromatic heterocycles. The van der Waals surface area contributed by atoms with Crippen LogP contribution in [-0.4, -0.2) is 12.1 Å². The molecule has 0 amide bonds. The molecule has 90 valence electrons. The lowest BCUT2D eigenvalue weighted by molar-refractivity contribution is 0.398. The van der Waals surface area contributed by atoms with Gasteiger partial charge in [0.05, 0.1) is 25.1 Å². The van der Waals surface area contributed by atoms with Crippen molar-refractivity contribution < 1.29 is 9.15 Å². The van der Waals surface area contributed by atoms with Crippen molar-refractivity contribution in [1.82, 2.24) is 4.98 Å². The average Bonchev–Trinajstić information content (AvgIpc) is 2.89. The Hall–Kier alpha value is -1.81. The minimum Gasteiger partial charge on any atom is -0.495 e. The van der Waals surface area contributed by atoms with Crippen molar-refractivity contribution in [3.05, 3.63) is 48.2 Å². The first kappa shape index (κ1) is 11.7. The summed E-state index contributed by atoms with van der Waals surface area (Å²) in [6, 6.07) is 7.39. The van der Waals surface area contributed by atoms with Crippen molar-refractivity contribution in [2.75, 3.05) is 7.11 Å². The molecule has 0 spiro atoms. The van der Waals surface area contributed by atoms with Gasteiger partial charge in [0.15, 0.2) is 0 Å². The predicted molar refractivity (Wildman–Crippen MR) is 64.7 cm³/mol. The topological polar surface area (TPSA) is 61.3 Å². The Morgan fingerprint density at radius 2 is 2.29 bits per heavy atom. The summed E-state index contributed by atoms with van der Waals surface area (Å²) in [7, 11) is 1.62. The number of aromatic nitrogens is 1. The van der Waals surface area contributed by atoms with E-state index >= 15 is 0 Å². The molecule has 2 heterocycles. The van der Waals surface area contributed by atoms with Gasteiger partial charge in [-0.15, -0.1) is 0 Å². The van der Waals surface area contributed by atoms with E-state index < -0.39 is 0 Å². The van der Waals surface area contributed by atoms with E-state index in [4.69, 9.17) is 14.9 Å². The second-order valence-corrected chi connectivity index (χ2v) is 3.82. The molecule has 4 heteroatoms. The molecule has 17 heavy (non-hydrogen) atoms. The zero-order valence-corrected chi connectivity index (χ0v) is 9.80. The molecule has 0 bridgehead atoms. The standard InChI is InChI=1S/C13H16N2O2/c1-16-12-5-2-8-15-13(12)11(14)7-6-10-4-3-9-17-10/h2-5,8-9,11H,6-7,14H2,1H3. The summed E-state index contributed by atoms with van der Waals surface area (Å²) in [5.41, 5.74) is 6.90. The third kappa shape index (κ3) is 2.85. The monoisotopic (exact) mass is 232 g/mol. The molecule has 0 aliphatic rings. The van der Waals surface area contributed by atoms with Gasteiger partial charge >= 0.3 is 0 Å². The highest BCUT2D eigenvalue weighted by Gasteiger charge is 2.13. The number of aryl methyl sites for hydroxylation is 1. The Balaban J connectivity index is 2.01. The Morgan fingerprint density at radius 3 is 3.00 bits per heavy atom. The van der Waals surface area contributed by atoms with Gasteiger partial charge in [0, 0.05) is 12.6 Å². The lowest BCUT2D eigenvalue weighted by Crippen LogP contribution is -2.14. The maximum atomic E-state index is 6.10. The summed E-state index contributed by atoms with van der Waals surface area (Å²) < 4.78 is 10.5. The van der Waals surface area contributed by atoms with Gasteiger partial charge in [-0.05, 0) is 30.7 Å². The summed E-state index contributed by atoms with van der Waals surface area (Å²) in [6.45, 7) is 0. The van der Waals surface area contributed by atoms with Crippen LogP contribution in [0.2, 0.25) is 0 Å². The molecule has 0 saturated carbocycles. The number of hydrogen-bond acceptors (Lipinski definition) is 4. The summed E-state index contributed by atoms with van der Waals surface area (Å²) >= 11 is 0. The maximum absolute atomic E-state index is 6.10. The first-order valence-corrected chi connectivity index (χ1v) is 5.58. The number of methoxy groups -OCH3 is 1. The molecule has 0 aromatic carbocycles. The molecule has 2 aromatic rings. The zero-order valence-electron chi connectivity index (χ0n) is 9.80. The Kier molecular flexibility index (Phi) is 3.77. The Labute approximate surface area is 100 Å². The maximum Gasteiger partial charge on any atom is 0.141 e. The number of nitrogens with zero attached hydrogens (tertiary/aromatic N) is 1. The van der Waals surface area contributed by atoms with Gasteiger partial charge in [-0.2, -0.15) is 0 Å². The Bertz CT molecular complexity index is 454.